The summed E-state index contributed by atoms with van der Waals surface area (Å²) in [6, 6.07) is 7.54. The highest BCUT2D eigenvalue weighted by atomic mass is 16.5. The minimum absolute atomic E-state index is 0.0131. The number of nitrogens with zero attached hydrogens (tertiary/aromatic N) is 2. The van der Waals surface area contributed by atoms with Crippen molar-refractivity contribution in [3.8, 4) is 5.75 Å². The molecule has 1 aromatic rings. The zero-order valence-electron chi connectivity index (χ0n) is 14.1. The standard InChI is InChI=1S/C17H24N2O5/c1-13-3-5-14(6-4-13)24-12-16(20)19-7-8-23-15(10-19)9-18(2)11-17(21)22/h3-6,15H,7-12H2,1-2H3,(H,21,22). The molecule has 0 aromatic heterocycles. The zero-order valence-corrected chi connectivity index (χ0v) is 14.1. The van der Waals surface area contributed by atoms with E-state index in [0.717, 1.165) is 5.56 Å². The van der Waals surface area contributed by atoms with E-state index in [1.54, 1.807) is 16.8 Å². The molecule has 0 radical (unpaired) electrons. The maximum absolute atomic E-state index is 12.3. The molecular weight excluding hydrogens is 312 g/mol. The van der Waals surface area contributed by atoms with E-state index in [1.165, 1.54) is 0 Å². The summed E-state index contributed by atoms with van der Waals surface area (Å²) in [6.45, 7) is 3.81. The molecule has 0 bridgehead atoms. The number of ether oxygens (including phenoxy) is 2. The lowest BCUT2D eigenvalue weighted by atomic mass is 10.2. The lowest BCUT2D eigenvalue weighted by Crippen LogP contribution is -2.50. The van der Waals surface area contributed by atoms with Gasteiger partial charge in [0.2, 0.25) is 0 Å². The van der Waals surface area contributed by atoms with E-state index in [4.69, 9.17) is 14.6 Å². The molecule has 1 aliphatic heterocycles. The van der Waals surface area contributed by atoms with Gasteiger partial charge >= 0.3 is 5.97 Å². The number of hydrogen-bond donors (Lipinski definition) is 1. The average Bonchev–Trinajstić information content (AvgIpc) is 2.53. The van der Waals surface area contributed by atoms with Crippen molar-refractivity contribution in [2.45, 2.75) is 13.0 Å². The van der Waals surface area contributed by atoms with Gasteiger partial charge < -0.3 is 19.5 Å². The Morgan fingerprint density at radius 2 is 2.08 bits per heavy atom. The first-order valence-electron chi connectivity index (χ1n) is 7.93. The molecule has 1 fully saturated rings. The Balaban J connectivity index is 1.79. The van der Waals surface area contributed by atoms with Crippen LogP contribution in [0.5, 0.6) is 5.75 Å². The number of aliphatic carboxylic acids is 1. The first kappa shape index (κ1) is 18.2. The van der Waals surface area contributed by atoms with E-state index in [-0.39, 0.29) is 25.2 Å². The van der Waals surface area contributed by atoms with Crippen molar-refractivity contribution in [2.75, 3.05) is 46.4 Å². The number of amides is 1. The van der Waals surface area contributed by atoms with Crippen LogP contribution in [0.4, 0.5) is 0 Å². The van der Waals surface area contributed by atoms with Gasteiger partial charge in [-0.2, -0.15) is 0 Å². The van der Waals surface area contributed by atoms with Crippen LogP contribution in [0.25, 0.3) is 0 Å². The first-order valence-corrected chi connectivity index (χ1v) is 7.93. The van der Waals surface area contributed by atoms with Crippen molar-refractivity contribution in [2.24, 2.45) is 0 Å². The number of rotatable bonds is 7. The second-order valence-electron chi connectivity index (χ2n) is 6.02. The third-order valence-electron chi connectivity index (χ3n) is 3.80. The molecule has 1 N–H and O–H groups in total. The van der Waals surface area contributed by atoms with Gasteiger partial charge in [0.1, 0.15) is 5.75 Å². The van der Waals surface area contributed by atoms with Crippen LogP contribution in [0.1, 0.15) is 5.56 Å². The largest absolute Gasteiger partial charge is 0.484 e. The Morgan fingerprint density at radius 1 is 1.38 bits per heavy atom. The number of carbonyl (C=O) groups excluding carboxylic acids is 1. The zero-order chi connectivity index (χ0) is 17.5. The van der Waals surface area contributed by atoms with Crippen LogP contribution in [0.15, 0.2) is 24.3 Å². The second kappa shape index (κ2) is 8.65. The maximum Gasteiger partial charge on any atom is 0.317 e. The molecule has 0 spiro atoms. The molecule has 1 aliphatic rings. The molecule has 0 aliphatic carbocycles. The molecule has 7 nitrogen and oxygen atoms in total. The number of benzene rings is 1. The summed E-state index contributed by atoms with van der Waals surface area (Å²) in [6.07, 6.45) is -0.188. The second-order valence-corrected chi connectivity index (χ2v) is 6.02. The van der Waals surface area contributed by atoms with E-state index >= 15 is 0 Å². The molecule has 132 valence electrons. The van der Waals surface area contributed by atoms with Gasteiger partial charge in [0.25, 0.3) is 5.91 Å². The molecule has 0 saturated carbocycles. The Hall–Kier alpha value is -2.12. The van der Waals surface area contributed by atoms with Gasteiger partial charge in [-0.25, -0.2) is 0 Å². The van der Waals surface area contributed by atoms with Gasteiger partial charge in [-0.1, -0.05) is 17.7 Å². The van der Waals surface area contributed by atoms with Gasteiger partial charge in [-0.15, -0.1) is 0 Å². The molecule has 1 unspecified atom stereocenters. The summed E-state index contributed by atoms with van der Waals surface area (Å²) in [5.41, 5.74) is 1.13. The fraction of sp³-hybridized carbons (Fsp3) is 0.529. The summed E-state index contributed by atoms with van der Waals surface area (Å²) in [4.78, 5) is 26.4. The molecule has 2 rings (SSSR count). The lowest BCUT2D eigenvalue weighted by Gasteiger charge is -2.34. The Labute approximate surface area is 141 Å². The lowest BCUT2D eigenvalue weighted by molar-refractivity contribution is -0.143. The molecule has 7 heteroatoms. The number of carbonyl (C=O) groups is 2. The molecule has 24 heavy (non-hydrogen) atoms. The molecular formula is C17H24N2O5. The van der Waals surface area contributed by atoms with Crippen LogP contribution in [0.3, 0.4) is 0 Å². The molecule has 1 atom stereocenters. The predicted octanol–water partition coefficient (Wildman–Crippen LogP) is 0.618. The first-order chi connectivity index (χ1) is 11.4. The highest BCUT2D eigenvalue weighted by molar-refractivity contribution is 5.78. The Morgan fingerprint density at radius 3 is 2.75 bits per heavy atom. The highest BCUT2D eigenvalue weighted by Gasteiger charge is 2.25. The third-order valence-corrected chi connectivity index (χ3v) is 3.80. The fourth-order valence-corrected chi connectivity index (χ4v) is 2.57. The number of aryl methyl sites for hydroxylation is 1. The molecule has 1 aromatic carbocycles. The van der Waals surface area contributed by atoms with Crippen LogP contribution in [0.2, 0.25) is 0 Å². The predicted molar refractivity (Wildman–Crippen MR) is 88.1 cm³/mol. The smallest absolute Gasteiger partial charge is 0.317 e. The number of carboxylic acid groups (broad SMARTS) is 1. The van der Waals surface area contributed by atoms with Gasteiger partial charge in [-0.05, 0) is 26.1 Å². The molecule has 1 amide bonds. The van der Waals surface area contributed by atoms with E-state index in [1.807, 2.05) is 31.2 Å². The summed E-state index contributed by atoms with van der Waals surface area (Å²) in [5, 5.41) is 8.79. The summed E-state index contributed by atoms with van der Waals surface area (Å²) in [7, 11) is 1.72. The highest BCUT2D eigenvalue weighted by Crippen LogP contribution is 2.12. The summed E-state index contributed by atoms with van der Waals surface area (Å²) >= 11 is 0. The van der Waals surface area contributed by atoms with Crippen LogP contribution >= 0.6 is 0 Å². The van der Waals surface area contributed by atoms with Crippen LogP contribution in [-0.4, -0.2) is 79.3 Å². The fourth-order valence-electron chi connectivity index (χ4n) is 2.57. The topological polar surface area (TPSA) is 79.3 Å². The van der Waals surface area contributed by atoms with Crippen molar-refractivity contribution in [3.05, 3.63) is 29.8 Å². The van der Waals surface area contributed by atoms with Gasteiger partial charge in [0.05, 0.1) is 19.3 Å². The molecule has 1 saturated heterocycles. The number of hydrogen-bond acceptors (Lipinski definition) is 5. The number of morpholine rings is 1. The van der Waals surface area contributed by atoms with E-state index in [0.29, 0.717) is 32.0 Å². The summed E-state index contributed by atoms with van der Waals surface area (Å²) in [5.74, 6) is -0.308. The minimum Gasteiger partial charge on any atom is -0.484 e. The number of carboxylic acids is 1. The SMILES string of the molecule is Cc1ccc(OCC(=O)N2CCOC(CN(C)CC(=O)O)C2)cc1. The van der Waals surface area contributed by atoms with Gasteiger partial charge in [0.15, 0.2) is 6.61 Å². The van der Waals surface area contributed by atoms with E-state index < -0.39 is 5.97 Å². The summed E-state index contributed by atoms with van der Waals surface area (Å²) < 4.78 is 11.1. The Bertz CT molecular complexity index is 561. The monoisotopic (exact) mass is 336 g/mol. The normalized spacial score (nSPS) is 17.8. The van der Waals surface area contributed by atoms with Crippen LogP contribution < -0.4 is 4.74 Å². The maximum atomic E-state index is 12.3. The van der Waals surface area contributed by atoms with Gasteiger partial charge in [0, 0.05) is 19.6 Å². The van der Waals surface area contributed by atoms with Crippen molar-refractivity contribution in [3.63, 3.8) is 0 Å². The van der Waals surface area contributed by atoms with Crippen molar-refractivity contribution in [1.82, 2.24) is 9.80 Å². The Kier molecular flexibility index (Phi) is 6.57. The van der Waals surface area contributed by atoms with Gasteiger partial charge in [-0.3, -0.25) is 14.5 Å². The quantitative estimate of drug-likeness (QED) is 0.786. The third kappa shape index (κ3) is 5.82. The minimum atomic E-state index is -0.882. The molecule has 1 heterocycles. The van der Waals surface area contributed by atoms with E-state index in [2.05, 4.69) is 0 Å². The van der Waals surface area contributed by atoms with Crippen LogP contribution in [-0.2, 0) is 14.3 Å². The van der Waals surface area contributed by atoms with E-state index in [9.17, 15) is 9.59 Å². The van der Waals surface area contributed by atoms with Crippen molar-refractivity contribution in [1.29, 1.82) is 0 Å². The van der Waals surface area contributed by atoms with Crippen molar-refractivity contribution < 1.29 is 24.2 Å². The van der Waals surface area contributed by atoms with Crippen molar-refractivity contribution >= 4 is 11.9 Å². The average molecular weight is 336 g/mol. The number of likely N-dealkylation sites (N-methyl/N-ethyl adjacent to an activating group) is 1. The van der Waals surface area contributed by atoms with Crippen LogP contribution in [0, 0.1) is 6.92 Å².